The summed E-state index contributed by atoms with van der Waals surface area (Å²) in [6.07, 6.45) is -4.14. The number of fused-ring (bicyclic) bond motifs is 1. The number of carboxylic acids is 1. The Morgan fingerprint density at radius 1 is 1.32 bits per heavy atom. The first-order valence-electron chi connectivity index (χ1n) is 6.51. The van der Waals surface area contributed by atoms with E-state index in [9.17, 15) is 27.2 Å². The Labute approximate surface area is 140 Å². The maximum atomic E-state index is 13.5. The molecule has 0 atom stereocenters. The highest BCUT2D eigenvalue weighted by molar-refractivity contribution is 6.30. The molecule has 2 aromatic heterocycles. The van der Waals surface area contributed by atoms with E-state index in [1.54, 1.807) is 0 Å². The topological polar surface area (TPSA) is 87.5 Å². The summed E-state index contributed by atoms with van der Waals surface area (Å²) in [5, 5.41) is 12.1. The van der Waals surface area contributed by atoms with Gasteiger partial charge in [-0.25, -0.2) is 13.7 Å². The first kappa shape index (κ1) is 17.0. The lowest BCUT2D eigenvalue weighted by atomic mass is 10.1. The summed E-state index contributed by atoms with van der Waals surface area (Å²) in [7, 11) is 0. The smallest absolute Gasteiger partial charge is 0.421 e. The Balaban J connectivity index is 2.33. The number of nitrogens with one attached hydrogen (secondary N) is 1. The minimum atomic E-state index is -5.10. The summed E-state index contributed by atoms with van der Waals surface area (Å²) in [5.74, 6) is -2.74. The second kappa shape index (κ2) is 5.59. The van der Waals surface area contributed by atoms with Gasteiger partial charge in [0.1, 0.15) is 16.9 Å². The van der Waals surface area contributed by atoms with Crippen LogP contribution in [0.3, 0.4) is 0 Å². The fourth-order valence-corrected chi connectivity index (χ4v) is 2.43. The number of halogens is 5. The minimum Gasteiger partial charge on any atom is -0.476 e. The SMILES string of the molecule is O=C(O)c1nn2cc(-c3ccc(Cl)c(F)c3)[nH]c(=O)c2c1C(F)(F)F. The van der Waals surface area contributed by atoms with Crippen LogP contribution in [0, 0.1) is 5.82 Å². The third-order valence-electron chi connectivity index (χ3n) is 3.34. The number of hydrogen-bond donors (Lipinski definition) is 2. The van der Waals surface area contributed by atoms with E-state index in [4.69, 9.17) is 16.7 Å². The first-order valence-corrected chi connectivity index (χ1v) is 6.89. The van der Waals surface area contributed by atoms with Crippen LogP contribution in [0.5, 0.6) is 0 Å². The highest BCUT2D eigenvalue weighted by atomic mass is 35.5. The van der Waals surface area contributed by atoms with Crippen molar-refractivity contribution in [3.05, 3.63) is 56.8 Å². The molecule has 0 bridgehead atoms. The predicted octanol–water partition coefficient (Wildman–Crippen LogP) is 3.20. The van der Waals surface area contributed by atoms with Crippen molar-refractivity contribution >= 4 is 23.1 Å². The van der Waals surface area contributed by atoms with Crippen LogP contribution in [0.25, 0.3) is 16.8 Å². The highest BCUT2D eigenvalue weighted by Crippen LogP contribution is 2.34. The van der Waals surface area contributed by atoms with Crippen LogP contribution < -0.4 is 5.56 Å². The molecule has 0 fully saturated rings. The van der Waals surface area contributed by atoms with Crippen LogP contribution in [-0.4, -0.2) is 25.7 Å². The number of carboxylic acid groups (broad SMARTS) is 1. The number of rotatable bonds is 2. The lowest BCUT2D eigenvalue weighted by Crippen LogP contribution is -2.17. The lowest BCUT2D eigenvalue weighted by Gasteiger charge is -2.06. The second-order valence-electron chi connectivity index (χ2n) is 4.95. The normalized spacial score (nSPS) is 11.9. The van der Waals surface area contributed by atoms with Crippen LogP contribution in [-0.2, 0) is 6.18 Å². The van der Waals surface area contributed by atoms with Gasteiger partial charge in [0.25, 0.3) is 5.56 Å². The number of alkyl halides is 3. The Morgan fingerprint density at radius 2 is 2.00 bits per heavy atom. The van der Waals surface area contributed by atoms with Gasteiger partial charge in [-0.15, -0.1) is 0 Å². The summed E-state index contributed by atoms with van der Waals surface area (Å²) in [5.41, 5.74) is -5.11. The standard InChI is InChI=1S/C14H6ClF4N3O3/c15-6-2-1-5(3-7(6)16)8-4-22-11(12(23)20-8)9(14(17,18)19)10(21-22)13(24)25/h1-4H,(H,20,23)(H,24,25). The molecule has 0 saturated carbocycles. The third-order valence-corrected chi connectivity index (χ3v) is 3.65. The van der Waals surface area contributed by atoms with Gasteiger partial charge < -0.3 is 10.1 Å². The number of benzene rings is 1. The summed E-state index contributed by atoms with van der Waals surface area (Å²) >= 11 is 5.55. The van der Waals surface area contributed by atoms with Crippen LogP contribution in [0.4, 0.5) is 17.6 Å². The molecule has 2 N–H and O–H groups in total. The molecule has 25 heavy (non-hydrogen) atoms. The molecular formula is C14H6ClF4N3O3. The molecule has 0 aliphatic rings. The van der Waals surface area contributed by atoms with E-state index in [0.717, 1.165) is 12.3 Å². The van der Waals surface area contributed by atoms with Gasteiger partial charge in [-0.05, 0) is 12.1 Å². The molecule has 0 aliphatic heterocycles. The molecule has 130 valence electrons. The van der Waals surface area contributed by atoms with Gasteiger partial charge >= 0.3 is 12.1 Å². The summed E-state index contributed by atoms with van der Waals surface area (Å²) in [6.45, 7) is 0. The predicted molar refractivity (Wildman–Crippen MR) is 78.2 cm³/mol. The van der Waals surface area contributed by atoms with Gasteiger partial charge in [0.2, 0.25) is 0 Å². The summed E-state index contributed by atoms with van der Waals surface area (Å²) < 4.78 is 53.5. The summed E-state index contributed by atoms with van der Waals surface area (Å²) in [6, 6.07) is 3.49. The van der Waals surface area contributed by atoms with E-state index in [2.05, 4.69) is 10.1 Å². The molecular weight excluding hydrogens is 370 g/mol. The van der Waals surface area contributed by atoms with Crippen molar-refractivity contribution in [1.29, 1.82) is 0 Å². The van der Waals surface area contributed by atoms with E-state index < -0.39 is 40.3 Å². The fourth-order valence-electron chi connectivity index (χ4n) is 2.31. The number of aromatic carboxylic acids is 1. The minimum absolute atomic E-state index is 0.0683. The van der Waals surface area contributed by atoms with E-state index in [1.165, 1.54) is 12.1 Å². The molecule has 2 heterocycles. The third kappa shape index (κ3) is 2.84. The van der Waals surface area contributed by atoms with Crippen molar-refractivity contribution in [2.45, 2.75) is 6.18 Å². The maximum Gasteiger partial charge on any atom is 0.421 e. The Hall–Kier alpha value is -2.88. The van der Waals surface area contributed by atoms with Crippen LogP contribution in [0.2, 0.25) is 5.02 Å². The molecule has 1 aromatic carbocycles. The van der Waals surface area contributed by atoms with Crippen molar-refractivity contribution in [2.24, 2.45) is 0 Å². The zero-order valence-electron chi connectivity index (χ0n) is 11.9. The van der Waals surface area contributed by atoms with Gasteiger partial charge in [0, 0.05) is 5.56 Å². The molecule has 3 aromatic rings. The fraction of sp³-hybridized carbons (Fsp3) is 0.0714. The van der Waals surface area contributed by atoms with E-state index in [1.807, 2.05) is 0 Å². The Kier molecular flexibility index (Phi) is 3.79. The average molecular weight is 376 g/mol. The van der Waals surface area contributed by atoms with Crippen LogP contribution in [0.1, 0.15) is 16.1 Å². The Bertz CT molecular complexity index is 1070. The van der Waals surface area contributed by atoms with Crippen molar-refractivity contribution in [3.63, 3.8) is 0 Å². The van der Waals surface area contributed by atoms with E-state index in [-0.39, 0.29) is 16.3 Å². The average Bonchev–Trinajstić information content (AvgIpc) is 2.90. The van der Waals surface area contributed by atoms with Crippen molar-refractivity contribution in [2.75, 3.05) is 0 Å². The maximum absolute atomic E-state index is 13.5. The van der Waals surface area contributed by atoms with Gasteiger partial charge in [-0.2, -0.15) is 18.3 Å². The number of aromatic amines is 1. The first-order chi connectivity index (χ1) is 11.6. The number of hydrogen-bond acceptors (Lipinski definition) is 3. The number of nitrogens with zero attached hydrogens (tertiary/aromatic N) is 2. The monoisotopic (exact) mass is 375 g/mol. The van der Waals surface area contributed by atoms with Crippen molar-refractivity contribution in [1.82, 2.24) is 14.6 Å². The van der Waals surface area contributed by atoms with Crippen LogP contribution in [0.15, 0.2) is 29.2 Å². The molecule has 0 unspecified atom stereocenters. The molecule has 0 radical (unpaired) electrons. The number of H-pyrrole nitrogens is 1. The Morgan fingerprint density at radius 3 is 2.56 bits per heavy atom. The van der Waals surface area contributed by atoms with Crippen LogP contribution >= 0.6 is 11.6 Å². The highest BCUT2D eigenvalue weighted by Gasteiger charge is 2.41. The van der Waals surface area contributed by atoms with E-state index >= 15 is 0 Å². The van der Waals surface area contributed by atoms with Crippen molar-refractivity contribution in [3.8, 4) is 11.3 Å². The molecule has 0 spiro atoms. The zero-order chi connectivity index (χ0) is 18.5. The largest absolute Gasteiger partial charge is 0.476 e. The molecule has 11 heteroatoms. The van der Waals surface area contributed by atoms with Crippen molar-refractivity contribution < 1.29 is 27.5 Å². The molecule has 0 aliphatic carbocycles. The van der Waals surface area contributed by atoms with Gasteiger partial charge in [0.05, 0.1) is 16.9 Å². The second-order valence-corrected chi connectivity index (χ2v) is 5.35. The molecule has 3 rings (SSSR count). The number of carbonyl (C=O) groups is 1. The number of aromatic nitrogens is 3. The molecule has 0 saturated heterocycles. The quantitative estimate of drug-likeness (QED) is 0.673. The molecule has 6 nitrogen and oxygen atoms in total. The zero-order valence-corrected chi connectivity index (χ0v) is 12.6. The summed E-state index contributed by atoms with van der Waals surface area (Å²) in [4.78, 5) is 25.3. The van der Waals surface area contributed by atoms with Gasteiger partial charge in [-0.1, -0.05) is 17.7 Å². The van der Waals surface area contributed by atoms with E-state index in [0.29, 0.717) is 4.52 Å². The lowest BCUT2D eigenvalue weighted by molar-refractivity contribution is -0.136. The van der Waals surface area contributed by atoms with Gasteiger partial charge in [0.15, 0.2) is 5.69 Å². The molecule has 0 amide bonds. The van der Waals surface area contributed by atoms with Gasteiger partial charge in [-0.3, -0.25) is 4.79 Å².